The molecule has 0 unspecified atom stereocenters. The summed E-state index contributed by atoms with van der Waals surface area (Å²) in [5.74, 6) is -0.366. The molecule has 1 aromatic heterocycles. The minimum absolute atomic E-state index is 0.138. The summed E-state index contributed by atoms with van der Waals surface area (Å²) in [6.45, 7) is 2.77. The van der Waals surface area contributed by atoms with Crippen LogP contribution in [0.2, 0.25) is 0 Å². The lowest BCUT2D eigenvalue weighted by Gasteiger charge is -2.19. The van der Waals surface area contributed by atoms with Crippen LogP contribution in [0.25, 0.3) is 0 Å². The van der Waals surface area contributed by atoms with Gasteiger partial charge in [-0.2, -0.15) is 4.98 Å². The normalized spacial score (nSPS) is 10.4. The zero-order chi connectivity index (χ0) is 14.5. The fourth-order valence-corrected chi connectivity index (χ4v) is 1.83. The maximum atomic E-state index is 13.8. The van der Waals surface area contributed by atoms with Gasteiger partial charge in [0.2, 0.25) is 5.95 Å². The second-order valence-electron chi connectivity index (χ2n) is 4.34. The SMILES string of the molecule is CCNc1ncc(F)c(N(C)Cc2ccccc2F)n1. The zero-order valence-corrected chi connectivity index (χ0v) is 11.4. The van der Waals surface area contributed by atoms with Gasteiger partial charge in [-0.3, -0.25) is 0 Å². The first-order chi connectivity index (χ1) is 9.61. The monoisotopic (exact) mass is 278 g/mol. The van der Waals surface area contributed by atoms with Gasteiger partial charge in [0.15, 0.2) is 11.6 Å². The Kier molecular flexibility index (Phi) is 4.45. The predicted octanol–water partition coefficient (Wildman–Crippen LogP) is 2.82. The summed E-state index contributed by atoms with van der Waals surface area (Å²) in [4.78, 5) is 9.48. The lowest BCUT2D eigenvalue weighted by Crippen LogP contribution is -2.21. The van der Waals surface area contributed by atoms with E-state index < -0.39 is 5.82 Å². The van der Waals surface area contributed by atoms with Crippen molar-refractivity contribution < 1.29 is 8.78 Å². The van der Waals surface area contributed by atoms with E-state index in [4.69, 9.17) is 0 Å². The van der Waals surface area contributed by atoms with E-state index in [2.05, 4.69) is 15.3 Å². The van der Waals surface area contributed by atoms with Crippen LogP contribution in [-0.2, 0) is 6.54 Å². The number of nitrogens with one attached hydrogen (secondary N) is 1. The van der Waals surface area contributed by atoms with Crippen LogP contribution < -0.4 is 10.2 Å². The van der Waals surface area contributed by atoms with Gasteiger partial charge in [-0.25, -0.2) is 13.8 Å². The Labute approximate surface area is 116 Å². The Hall–Kier alpha value is -2.24. The van der Waals surface area contributed by atoms with Crippen molar-refractivity contribution in [2.24, 2.45) is 0 Å². The summed E-state index contributed by atoms with van der Waals surface area (Å²) in [6.07, 6.45) is 1.11. The number of halogens is 2. The molecule has 0 saturated carbocycles. The van der Waals surface area contributed by atoms with Crippen molar-refractivity contribution in [1.29, 1.82) is 0 Å². The minimum atomic E-state index is -0.537. The summed E-state index contributed by atoms with van der Waals surface area (Å²) >= 11 is 0. The van der Waals surface area contributed by atoms with E-state index in [1.165, 1.54) is 6.07 Å². The smallest absolute Gasteiger partial charge is 0.224 e. The van der Waals surface area contributed by atoms with Gasteiger partial charge >= 0.3 is 0 Å². The van der Waals surface area contributed by atoms with Crippen molar-refractivity contribution in [1.82, 2.24) is 9.97 Å². The molecule has 0 fully saturated rings. The van der Waals surface area contributed by atoms with Gasteiger partial charge in [0.05, 0.1) is 6.20 Å². The van der Waals surface area contributed by atoms with Gasteiger partial charge in [0.25, 0.3) is 0 Å². The van der Waals surface area contributed by atoms with Crippen LogP contribution in [0.3, 0.4) is 0 Å². The van der Waals surface area contributed by atoms with Crippen LogP contribution in [0.1, 0.15) is 12.5 Å². The molecule has 1 heterocycles. The molecule has 6 heteroatoms. The van der Waals surface area contributed by atoms with E-state index in [0.29, 0.717) is 18.1 Å². The molecule has 0 aliphatic heterocycles. The Morgan fingerprint density at radius 2 is 1.95 bits per heavy atom. The van der Waals surface area contributed by atoms with E-state index in [9.17, 15) is 8.78 Å². The van der Waals surface area contributed by atoms with Crippen LogP contribution in [0.15, 0.2) is 30.5 Å². The quantitative estimate of drug-likeness (QED) is 0.913. The first-order valence-electron chi connectivity index (χ1n) is 6.32. The molecule has 0 aliphatic rings. The summed E-state index contributed by atoms with van der Waals surface area (Å²) in [5.41, 5.74) is 0.484. The highest BCUT2D eigenvalue weighted by Gasteiger charge is 2.13. The number of nitrogens with zero attached hydrogens (tertiary/aromatic N) is 3. The molecule has 0 radical (unpaired) electrons. The number of rotatable bonds is 5. The highest BCUT2D eigenvalue weighted by atomic mass is 19.1. The third-order valence-electron chi connectivity index (χ3n) is 2.79. The third-order valence-corrected chi connectivity index (χ3v) is 2.79. The first kappa shape index (κ1) is 14.2. The minimum Gasteiger partial charge on any atom is -0.354 e. The largest absolute Gasteiger partial charge is 0.354 e. The Morgan fingerprint density at radius 3 is 2.65 bits per heavy atom. The molecule has 2 rings (SSSR count). The van der Waals surface area contributed by atoms with Crippen LogP contribution in [0.4, 0.5) is 20.5 Å². The molecule has 0 amide bonds. The molecule has 1 N–H and O–H groups in total. The lowest BCUT2D eigenvalue weighted by molar-refractivity contribution is 0.594. The van der Waals surface area contributed by atoms with E-state index in [1.807, 2.05) is 6.92 Å². The number of aromatic nitrogens is 2. The average Bonchev–Trinajstić information content (AvgIpc) is 2.43. The summed E-state index contributed by atoms with van der Waals surface area (Å²) in [5, 5.41) is 2.92. The van der Waals surface area contributed by atoms with E-state index in [-0.39, 0.29) is 18.2 Å². The number of hydrogen-bond acceptors (Lipinski definition) is 4. The van der Waals surface area contributed by atoms with Crippen LogP contribution in [0.5, 0.6) is 0 Å². The van der Waals surface area contributed by atoms with Crippen molar-refractivity contribution in [3.63, 3.8) is 0 Å². The van der Waals surface area contributed by atoms with Crippen molar-refractivity contribution in [2.45, 2.75) is 13.5 Å². The molecule has 1 aromatic carbocycles. The molecule has 2 aromatic rings. The maximum Gasteiger partial charge on any atom is 0.224 e. The fraction of sp³-hybridized carbons (Fsp3) is 0.286. The lowest BCUT2D eigenvalue weighted by atomic mass is 10.2. The summed E-state index contributed by atoms with van der Waals surface area (Å²) < 4.78 is 27.4. The number of anilines is 2. The number of hydrogen-bond donors (Lipinski definition) is 1. The highest BCUT2D eigenvalue weighted by Crippen LogP contribution is 2.19. The second kappa shape index (κ2) is 6.27. The molecular formula is C14H16F2N4. The molecule has 0 bridgehead atoms. The first-order valence-corrected chi connectivity index (χ1v) is 6.32. The average molecular weight is 278 g/mol. The predicted molar refractivity (Wildman–Crippen MR) is 74.7 cm³/mol. The van der Waals surface area contributed by atoms with Gasteiger partial charge < -0.3 is 10.2 Å². The summed E-state index contributed by atoms with van der Waals surface area (Å²) in [6, 6.07) is 6.40. The molecule has 4 nitrogen and oxygen atoms in total. The van der Waals surface area contributed by atoms with Gasteiger partial charge in [-0.1, -0.05) is 18.2 Å². The number of benzene rings is 1. The van der Waals surface area contributed by atoms with Crippen molar-refractivity contribution in [2.75, 3.05) is 23.8 Å². The van der Waals surface area contributed by atoms with E-state index in [1.54, 1.807) is 30.1 Å². The van der Waals surface area contributed by atoms with Gasteiger partial charge in [-0.05, 0) is 13.0 Å². The topological polar surface area (TPSA) is 41.1 Å². The van der Waals surface area contributed by atoms with Gasteiger partial charge in [-0.15, -0.1) is 0 Å². The molecule has 0 aliphatic carbocycles. The zero-order valence-electron chi connectivity index (χ0n) is 11.4. The molecule has 0 spiro atoms. The maximum absolute atomic E-state index is 13.8. The molecule has 20 heavy (non-hydrogen) atoms. The molecular weight excluding hydrogens is 262 g/mol. The van der Waals surface area contributed by atoms with Crippen LogP contribution >= 0.6 is 0 Å². The van der Waals surface area contributed by atoms with Gasteiger partial charge in [0, 0.05) is 25.7 Å². The van der Waals surface area contributed by atoms with Crippen molar-refractivity contribution >= 4 is 11.8 Å². The van der Waals surface area contributed by atoms with E-state index >= 15 is 0 Å². The van der Waals surface area contributed by atoms with Crippen LogP contribution in [0, 0.1) is 11.6 Å². The molecule has 0 saturated heterocycles. The fourth-order valence-electron chi connectivity index (χ4n) is 1.83. The van der Waals surface area contributed by atoms with Crippen molar-refractivity contribution in [3.05, 3.63) is 47.7 Å². The van der Waals surface area contributed by atoms with Gasteiger partial charge in [0.1, 0.15) is 5.82 Å². The Morgan fingerprint density at radius 1 is 1.20 bits per heavy atom. The third kappa shape index (κ3) is 3.20. The molecule has 0 atom stereocenters. The van der Waals surface area contributed by atoms with E-state index in [0.717, 1.165) is 6.20 Å². The Balaban J connectivity index is 2.22. The summed E-state index contributed by atoms with van der Waals surface area (Å²) in [7, 11) is 1.66. The van der Waals surface area contributed by atoms with Crippen LogP contribution in [-0.4, -0.2) is 23.6 Å². The standard InChI is InChI=1S/C14H16F2N4/c1-3-17-14-18-8-12(16)13(19-14)20(2)9-10-6-4-5-7-11(10)15/h4-8H,3,9H2,1-2H3,(H,17,18,19). The highest BCUT2D eigenvalue weighted by molar-refractivity contribution is 5.44. The Bertz CT molecular complexity index is 589. The molecule has 106 valence electrons. The second-order valence-corrected chi connectivity index (χ2v) is 4.34. The van der Waals surface area contributed by atoms with Crippen molar-refractivity contribution in [3.8, 4) is 0 Å².